The molecule has 1 aliphatic rings. The number of hydrogen-bond donors (Lipinski definition) is 3. The van der Waals surface area contributed by atoms with Crippen LogP contribution in [0.5, 0.6) is 11.5 Å². The number of pyridine rings is 2. The van der Waals surface area contributed by atoms with E-state index in [-0.39, 0.29) is 12.4 Å². The average Bonchev–Trinajstić information content (AvgIpc) is 3.30. The van der Waals surface area contributed by atoms with Gasteiger partial charge in [0, 0.05) is 56.2 Å². The standard InChI is InChI=1S/C27H33N7O2.ClH/c1-18(2)17-36-26-21(20-7-8-29-15-23(20)35-3)4-5-22-25(26)33-27(31-22)32-24-14-19(6-9-30-24)16-34-12-10-28-11-13-34;/h4-9,14-15,18,28H,10-13,16-17H2,1-3H3,(H2,30,31,32,33);1H. The summed E-state index contributed by atoms with van der Waals surface area (Å²) in [4.78, 5) is 19.4. The molecule has 1 saturated heterocycles. The molecule has 0 amide bonds. The molecule has 4 aromatic rings. The third kappa shape index (κ3) is 6.30. The second kappa shape index (κ2) is 12.2. The molecule has 4 heterocycles. The van der Waals surface area contributed by atoms with Crippen molar-refractivity contribution in [3.05, 3.63) is 54.5 Å². The molecule has 0 spiro atoms. The van der Waals surface area contributed by atoms with E-state index in [4.69, 9.17) is 14.5 Å². The lowest BCUT2D eigenvalue weighted by Crippen LogP contribution is -2.42. The number of nitrogens with one attached hydrogen (secondary N) is 3. The molecule has 9 nitrogen and oxygen atoms in total. The van der Waals surface area contributed by atoms with Gasteiger partial charge in [-0.25, -0.2) is 9.97 Å². The van der Waals surface area contributed by atoms with Gasteiger partial charge in [-0.05, 0) is 41.8 Å². The van der Waals surface area contributed by atoms with Crippen LogP contribution in [0.1, 0.15) is 19.4 Å². The van der Waals surface area contributed by atoms with Crippen LogP contribution in [0.2, 0.25) is 0 Å². The Balaban J connectivity index is 0.00000320. The number of methoxy groups -OCH3 is 1. The summed E-state index contributed by atoms with van der Waals surface area (Å²) in [5.41, 5.74) is 4.68. The van der Waals surface area contributed by atoms with E-state index >= 15 is 0 Å². The molecular weight excluding hydrogens is 490 g/mol. The third-order valence-electron chi connectivity index (χ3n) is 6.15. The normalized spacial score (nSPS) is 13.9. The van der Waals surface area contributed by atoms with Crippen LogP contribution in [-0.4, -0.2) is 64.7 Å². The second-order valence-electron chi connectivity index (χ2n) is 9.41. The number of fused-ring (bicyclic) bond motifs is 1. The number of nitrogens with zero attached hydrogens (tertiary/aromatic N) is 4. The number of aromatic nitrogens is 4. The molecule has 37 heavy (non-hydrogen) atoms. The predicted octanol–water partition coefficient (Wildman–Crippen LogP) is 4.63. The van der Waals surface area contributed by atoms with Gasteiger partial charge in [-0.15, -0.1) is 12.4 Å². The van der Waals surface area contributed by atoms with Gasteiger partial charge in [-0.1, -0.05) is 13.8 Å². The molecule has 0 atom stereocenters. The number of piperazine rings is 1. The van der Waals surface area contributed by atoms with Gasteiger partial charge in [-0.3, -0.25) is 9.88 Å². The monoisotopic (exact) mass is 523 g/mol. The maximum absolute atomic E-state index is 6.32. The number of anilines is 2. The van der Waals surface area contributed by atoms with Crippen molar-refractivity contribution in [1.29, 1.82) is 0 Å². The van der Waals surface area contributed by atoms with Gasteiger partial charge >= 0.3 is 0 Å². The molecule has 1 aliphatic heterocycles. The van der Waals surface area contributed by atoms with Crippen molar-refractivity contribution in [2.45, 2.75) is 20.4 Å². The molecule has 3 aromatic heterocycles. The Bertz CT molecular complexity index is 1320. The second-order valence-corrected chi connectivity index (χ2v) is 9.41. The molecule has 1 aromatic carbocycles. The quantitative estimate of drug-likeness (QED) is 0.292. The lowest BCUT2D eigenvalue weighted by Gasteiger charge is -2.27. The molecule has 0 saturated carbocycles. The zero-order chi connectivity index (χ0) is 24.9. The largest absolute Gasteiger partial charge is 0.494 e. The molecular formula is C27H34ClN7O2. The highest BCUT2D eigenvalue weighted by molar-refractivity contribution is 5.93. The smallest absolute Gasteiger partial charge is 0.207 e. The first kappa shape index (κ1) is 26.7. The van der Waals surface area contributed by atoms with Gasteiger partial charge < -0.3 is 25.1 Å². The van der Waals surface area contributed by atoms with Crippen LogP contribution in [0, 0.1) is 5.92 Å². The SMILES string of the molecule is COc1cnccc1-c1ccc2[nH]c(Nc3cc(CN4CCNCC4)ccn3)nc2c1OCC(C)C.Cl. The van der Waals surface area contributed by atoms with Crippen molar-refractivity contribution in [1.82, 2.24) is 30.2 Å². The Morgan fingerprint density at radius 1 is 1.08 bits per heavy atom. The van der Waals surface area contributed by atoms with Crippen molar-refractivity contribution in [3.8, 4) is 22.6 Å². The molecule has 196 valence electrons. The molecule has 0 radical (unpaired) electrons. The third-order valence-corrected chi connectivity index (χ3v) is 6.15. The molecule has 3 N–H and O–H groups in total. The Labute approximate surface area is 223 Å². The molecule has 0 aliphatic carbocycles. The summed E-state index contributed by atoms with van der Waals surface area (Å²) in [7, 11) is 1.65. The fourth-order valence-corrected chi connectivity index (χ4v) is 4.37. The van der Waals surface area contributed by atoms with Crippen LogP contribution < -0.4 is 20.1 Å². The number of benzene rings is 1. The van der Waals surface area contributed by atoms with Gasteiger partial charge in [0.2, 0.25) is 5.95 Å². The summed E-state index contributed by atoms with van der Waals surface area (Å²) in [6, 6.07) is 10.1. The summed E-state index contributed by atoms with van der Waals surface area (Å²) >= 11 is 0. The van der Waals surface area contributed by atoms with Crippen LogP contribution in [0.25, 0.3) is 22.2 Å². The molecule has 0 unspecified atom stereocenters. The first-order valence-corrected chi connectivity index (χ1v) is 12.4. The number of H-pyrrole nitrogens is 1. The van der Waals surface area contributed by atoms with Gasteiger partial charge in [0.15, 0.2) is 5.75 Å². The summed E-state index contributed by atoms with van der Waals surface area (Å²) < 4.78 is 11.9. The number of aromatic amines is 1. The highest BCUT2D eigenvalue weighted by Crippen LogP contribution is 2.40. The zero-order valence-electron chi connectivity index (χ0n) is 21.5. The van der Waals surface area contributed by atoms with E-state index in [1.165, 1.54) is 5.56 Å². The molecule has 5 rings (SSSR count). The summed E-state index contributed by atoms with van der Waals surface area (Å²) in [6.45, 7) is 9.91. The lowest BCUT2D eigenvalue weighted by molar-refractivity contribution is 0.233. The topological polar surface area (TPSA) is 100 Å². The summed E-state index contributed by atoms with van der Waals surface area (Å²) in [6.07, 6.45) is 5.31. The number of rotatable bonds is 9. The Kier molecular flexibility index (Phi) is 8.81. The maximum atomic E-state index is 6.32. The van der Waals surface area contributed by atoms with Crippen LogP contribution >= 0.6 is 12.4 Å². The van der Waals surface area contributed by atoms with E-state index in [0.717, 1.165) is 66.5 Å². The Morgan fingerprint density at radius 2 is 1.92 bits per heavy atom. The Hall–Kier alpha value is -3.40. The Morgan fingerprint density at radius 3 is 2.70 bits per heavy atom. The van der Waals surface area contributed by atoms with E-state index in [0.29, 0.717) is 24.2 Å². The highest BCUT2D eigenvalue weighted by atomic mass is 35.5. The van der Waals surface area contributed by atoms with E-state index in [2.05, 4.69) is 56.5 Å². The van der Waals surface area contributed by atoms with Gasteiger partial charge in [0.1, 0.15) is 17.1 Å². The first-order chi connectivity index (χ1) is 17.6. The minimum absolute atomic E-state index is 0. The number of imidazole rings is 1. The fraction of sp³-hybridized carbons (Fsp3) is 0.370. The van der Waals surface area contributed by atoms with Gasteiger partial charge in [0.25, 0.3) is 0 Å². The summed E-state index contributed by atoms with van der Waals surface area (Å²) in [5, 5.41) is 6.74. The van der Waals surface area contributed by atoms with Crippen molar-refractivity contribution in [3.63, 3.8) is 0 Å². The van der Waals surface area contributed by atoms with Gasteiger partial charge in [0.05, 0.1) is 25.4 Å². The average molecular weight is 524 g/mol. The van der Waals surface area contributed by atoms with E-state index in [1.807, 2.05) is 24.4 Å². The highest BCUT2D eigenvalue weighted by Gasteiger charge is 2.19. The molecule has 10 heteroatoms. The molecule has 1 fully saturated rings. The van der Waals surface area contributed by atoms with E-state index in [9.17, 15) is 0 Å². The minimum atomic E-state index is 0. The van der Waals surface area contributed by atoms with E-state index in [1.54, 1.807) is 19.5 Å². The van der Waals surface area contributed by atoms with Crippen LogP contribution in [0.4, 0.5) is 11.8 Å². The maximum Gasteiger partial charge on any atom is 0.207 e. The zero-order valence-corrected chi connectivity index (χ0v) is 22.3. The number of ether oxygens (including phenoxy) is 2. The first-order valence-electron chi connectivity index (χ1n) is 12.4. The van der Waals surface area contributed by atoms with Gasteiger partial charge in [-0.2, -0.15) is 0 Å². The predicted molar refractivity (Wildman–Crippen MR) is 149 cm³/mol. The van der Waals surface area contributed by atoms with Crippen LogP contribution in [-0.2, 0) is 6.54 Å². The number of hydrogen-bond acceptors (Lipinski definition) is 8. The van der Waals surface area contributed by atoms with E-state index < -0.39 is 0 Å². The van der Waals surface area contributed by atoms with Crippen LogP contribution in [0.15, 0.2) is 48.9 Å². The summed E-state index contributed by atoms with van der Waals surface area (Å²) in [5.74, 6) is 3.14. The van der Waals surface area contributed by atoms with Crippen molar-refractivity contribution in [2.75, 3.05) is 45.2 Å². The number of halogens is 1. The van der Waals surface area contributed by atoms with Crippen molar-refractivity contribution < 1.29 is 9.47 Å². The minimum Gasteiger partial charge on any atom is -0.494 e. The van der Waals surface area contributed by atoms with Crippen molar-refractivity contribution in [2.24, 2.45) is 5.92 Å². The lowest BCUT2D eigenvalue weighted by atomic mass is 10.0. The molecule has 0 bridgehead atoms. The van der Waals surface area contributed by atoms with Crippen molar-refractivity contribution >= 4 is 35.2 Å². The fourth-order valence-electron chi connectivity index (χ4n) is 4.37. The van der Waals surface area contributed by atoms with Crippen LogP contribution in [0.3, 0.4) is 0 Å².